The van der Waals surface area contributed by atoms with E-state index in [0.717, 1.165) is 44.9 Å². The summed E-state index contributed by atoms with van der Waals surface area (Å²) in [5.74, 6) is -0.291. The van der Waals surface area contributed by atoms with Crippen LogP contribution in [0.3, 0.4) is 0 Å². The van der Waals surface area contributed by atoms with E-state index in [0.29, 0.717) is 30.3 Å². The predicted molar refractivity (Wildman–Crippen MR) is 267 cm³/mol. The number of rotatable bonds is 48. The molecule has 0 saturated heterocycles. The molecule has 0 aliphatic heterocycles. The number of phosphoric ester groups is 1. The Kier molecular flexibility index (Phi) is 43.6. The van der Waals surface area contributed by atoms with Crippen LogP contribution in [0.25, 0.3) is 0 Å². The maximum Gasteiger partial charge on any atom is 0.268 e. The van der Waals surface area contributed by atoms with E-state index in [-0.39, 0.29) is 18.9 Å². The molecule has 0 heterocycles. The lowest BCUT2D eigenvalue weighted by Gasteiger charge is -2.31. The number of nitrogens with one attached hydrogen (secondary N) is 1. The Balaban J connectivity index is 4.23. The Morgan fingerprint density at radius 1 is 0.556 bits per heavy atom. The molecular weight excluding hydrogens is 808 g/mol. The minimum Gasteiger partial charge on any atom is -0.756 e. The number of allylic oxidation sites excluding steroid dienone is 6. The fourth-order valence-electron chi connectivity index (χ4n) is 7.68. The van der Waals surface area contributed by atoms with Gasteiger partial charge in [0.05, 0.1) is 39.9 Å². The molecule has 4 unspecified atom stereocenters. The van der Waals surface area contributed by atoms with Gasteiger partial charge in [-0.05, 0) is 77.0 Å². The van der Waals surface area contributed by atoms with Crippen LogP contribution < -0.4 is 10.2 Å². The quantitative estimate of drug-likeness (QED) is 0.0240. The molecule has 0 aliphatic carbocycles. The van der Waals surface area contributed by atoms with Crippen LogP contribution in [0.15, 0.2) is 36.5 Å². The van der Waals surface area contributed by atoms with Crippen molar-refractivity contribution in [2.24, 2.45) is 0 Å². The van der Waals surface area contributed by atoms with E-state index in [9.17, 15) is 24.5 Å². The zero-order valence-corrected chi connectivity index (χ0v) is 42.8. The van der Waals surface area contributed by atoms with Crippen LogP contribution in [0.5, 0.6) is 0 Å². The lowest BCUT2D eigenvalue weighted by molar-refractivity contribution is -0.870. The summed E-state index contributed by atoms with van der Waals surface area (Å²) >= 11 is 0. The number of carbonyl (C=O) groups excluding carboxylic acids is 1. The fraction of sp³-hybridized carbons (Fsp3) is 0.868. The van der Waals surface area contributed by atoms with Crippen LogP contribution in [0.1, 0.15) is 239 Å². The van der Waals surface area contributed by atoms with Crippen LogP contribution in [0.4, 0.5) is 0 Å². The van der Waals surface area contributed by atoms with E-state index in [1.165, 1.54) is 154 Å². The zero-order chi connectivity index (χ0) is 46.5. The number of amides is 1. The third-order valence-corrected chi connectivity index (χ3v) is 12.9. The lowest BCUT2D eigenvalue weighted by atomic mass is 10.0. The first-order valence-electron chi connectivity index (χ1n) is 26.4. The van der Waals surface area contributed by atoms with Gasteiger partial charge in [-0.15, -0.1) is 0 Å². The van der Waals surface area contributed by atoms with Crippen molar-refractivity contribution in [1.82, 2.24) is 5.32 Å². The standard InChI is InChI=1S/C53H103N2O7P/c1-6-8-10-12-14-16-18-20-21-22-23-24-25-26-27-28-29-30-31-32-33-34-36-38-40-42-44-46-52(57)54-50(49-62-63(59,60)61-48-47-55(3,4)5)53(58)51(56)45-43-41-39-37-35-19-17-15-13-11-9-7-2/h15,17,22-23,37,39,50-51,53,56,58H,6-14,16,18-21,24-36,38,40-49H2,1-5H3,(H-,54,57,59,60)/b17-15+,23-22-,39-37+. The molecule has 10 heteroatoms. The molecule has 0 bridgehead atoms. The van der Waals surface area contributed by atoms with Gasteiger partial charge in [-0.25, -0.2) is 0 Å². The number of likely N-dealkylation sites (N-methyl/N-ethyl adjacent to an activating group) is 1. The van der Waals surface area contributed by atoms with Crippen molar-refractivity contribution in [2.75, 3.05) is 40.9 Å². The largest absolute Gasteiger partial charge is 0.756 e. The average molecular weight is 911 g/mol. The van der Waals surface area contributed by atoms with Crippen molar-refractivity contribution < 1.29 is 38.0 Å². The number of aliphatic hydroxyl groups is 2. The van der Waals surface area contributed by atoms with Crippen LogP contribution in [-0.2, 0) is 18.4 Å². The van der Waals surface area contributed by atoms with Gasteiger partial charge in [-0.3, -0.25) is 9.36 Å². The van der Waals surface area contributed by atoms with Crippen molar-refractivity contribution in [2.45, 2.75) is 257 Å². The number of carbonyl (C=O) groups is 1. The fourth-order valence-corrected chi connectivity index (χ4v) is 8.40. The van der Waals surface area contributed by atoms with Crippen LogP contribution in [0.2, 0.25) is 0 Å². The Bertz CT molecular complexity index is 1140. The van der Waals surface area contributed by atoms with Gasteiger partial charge < -0.3 is 34.0 Å². The molecule has 0 aromatic carbocycles. The van der Waals surface area contributed by atoms with Gasteiger partial charge >= 0.3 is 0 Å². The molecule has 1 amide bonds. The SMILES string of the molecule is CCCCC/C=C/CC/C=C/CCCC(O)C(O)C(COP(=O)([O-])OCC[N+](C)(C)C)NC(=O)CCCCCCCCCCCCCCCCC/C=C\CCCCCCCCCC. The second-order valence-electron chi connectivity index (χ2n) is 19.3. The van der Waals surface area contributed by atoms with E-state index in [4.69, 9.17) is 9.05 Å². The van der Waals surface area contributed by atoms with E-state index in [1.807, 2.05) is 21.1 Å². The molecule has 0 radical (unpaired) electrons. The molecule has 9 nitrogen and oxygen atoms in total. The van der Waals surface area contributed by atoms with Crippen molar-refractivity contribution in [3.05, 3.63) is 36.5 Å². The summed E-state index contributed by atoms with van der Waals surface area (Å²) in [7, 11) is 1.10. The number of hydrogen-bond acceptors (Lipinski definition) is 7. The summed E-state index contributed by atoms with van der Waals surface area (Å²) in [6.07, 6.45) is 52.1. The molecular formula is C53H103N2O7P. The summed E-state index contributed by atoms with van der Waals surface area (Å²) < 4.78 is 23.2. The first-order chi connectivity index (χ1) is 30.4. The molecule has 0 rings (SSSR count). The number of hydrogen-bond donors (Lipinski definition) is 3. The second kappa shape index (κ2) is 44.5. The smallest absolute Gasteiger partial charge is 0.268 e. The topological polar surface area (TPSA) is 128 Å². The van der Waals surface area contributed by atoms with Gasteiger partial charge in [-0.2, -0.15) is 0 Å². The van der Waals surface area contributed by atoms with Crippen LogP contribution in [-0.4, -0.2) is 79.8 Å². The first kappa shape index (κ1) is 61.7. The molecule has 0 saturated carbocycles. The molecule has 0 aromatic heterocycles. The minimum atomic E-state index is -4.68. The second-order valence-corrected chi connectivity index (χ2v) is 20.8. The number of unbranched alkanes of at least 4 members (excludes halogenated alkanes) is 28. The maximum absolute atomic E-state index is 12.9. The Morgan fingerprint density at radius 3 is 1.37 bits per heavy atom. The van der Waals surface area contributed by atoms with Crippen LogP contribution >= 0.6 is 7.82 Å². The van der Waals surface area contributed by atoms with Gasteiger partial charge in [0.15, 0.2) is 0 Å². The van der Waals surface area contributed by atoms with Crippen molar-refractivity contribution in [1.29, 1.82) is 0 Å². The number of quaternary nitrogens is 1. The molecule has 63 heavy (non-hydrogen) atoms. The Hall–Kier alpha value is -1.32. The summed E-state index contributed by atoms with van der Waals surface area (Å²) in [5, 5.41) is 24.6. The van der Waals surface area contributed by atoms with Gasteiger partial charge in [-0.1, -0.05) is 192 Å². The Labute approximate surface area is 389 Å². The van der Waals surface area contributed by atoms with E-state index >= 15 is 0 Å². The van der Waals surface area contributed by atoms with Gasteiger partial charge in [0.25, 0.3) is 7.82 Å². The van der Waals surface area contributed by atoms with Crippen molar-refractivity contribution in [3.63, 3.8) is 0 Å². The summed E-state index contributed by atoms with van der Waals surface area (Å²) in [6, 6.07) is -1.09. The highest BCUT2D eigenvalue weighted by atomic mass is 31.2. The van der Waals surface area contributed by atoms with Gasteiger partial charge in [0.1, 0.15) is 19.3 Å². The predicted octanol–water partition coefficient (Wildman–Crippen LogP) is 13.8. The third-order valence-electron chi connectivity index (χ3n) is 11.9. The molecule has 0 aliphatic rings. The zero-order valence-electron chi connectivity index (χ0n) is 41.9. The third kappa shape index (κ3) is 45.6. The summed E-state index contributed by atoms with van der Waals surface area (Å²) in [5.41, 5.74) is 0. The molecule has 0 aromatic rings. The van der Waals surface area contributed by atoms with Crippen LogP contribution in [0, 0.1) is 0 Å². The molecule has 0 fully saturated rings. The number of aliphatic hydroxyl groups excluding tert-OH is 2. The van der Waals surface area contributed by atoms with E-state index in [2.05, 4.69) is 55.6 Å². The Morgan fingerprint density at radius 2 is 0.921 bits per heavy atom. The molecule has 0 spiro atoms. The van der Waals surface area contributed by atoms with Crippen molar-refractivity contribution in [3.8, 4) is 0 Å². The highest BCUT2D eigenvalue weighted by Gasteiger charge is 2.29. The summed E-state index contributed by atoms with van der Waals surface area (Å²) in [6.45, 7) is 4.39. The number of nitrogens with zero attached hydrogens (tertiary/aromatic N) is 1. The lowest BCUT2D eigenvalue weighted by Crippen LogP contribution is -2.51. The normalized spacial score (nSPS) is 14.9. The molecule has 372 valence electrons. The van der Waals surface area contributed by atoms with E-state index < -0.39 is 32.7 Å². The highest BCUT2D eigenvalue weighted by molar-refractivity contribution is 7.45. The van der Waals surface area contributed by atoms with Crippen molar-refractivity contribution >= 4 is 13.7 Å². The van der Waals surface area contributed by atoms with Gasteiger partial charge in [0, 0.05) is 6.42 Å². The average Bonchev–Trinajstić information content (AvgIpc) is 3.24. The monoisotopic (exact) mass is 911 g/mol. The maximum atomic E-state index is 12.9. The molecule has 4 atom stereocenters. The van der Waals surface area contributed by atoms with E-state index in [1.54, 1.807) is 0 Å². The highest BCUT2D eigenvalue weighted by Crippen LogP contribution is 2.38. The minimum absolute atomic E-state index is 0.0482. The molecule has 3 N–H and O–H groups in total. The van der Waals surface area contributed by atoms with Gasteiger partial charge in [0.2, 0.25) is 5.91 Å². The first-order valence-corrected chi connectivity index (χ1v) is 27.9. The number of phosphoric acid groups is 1. The summed E-state index contributed by atoms with van der Waals surface area (Å²) in [4.78, 5) is 25.5.